The van der Waals surface area contributed by atoms with E-state index in [1.807, 2.05) is 0 Å². The summed E-state index contributed by atoms with van der Waals surface area (Å²) in [5.41, 5.74) is 0. The van der Waals surface area contributed by atoms with Gasteiger partial charge in [0.25, 0.3) is 0 Å². The van der Waals surface area contributed by atoms with Crippen molar-refractivity contribution in [3.63, 3.8) is 0 Å². The van der Waals surface area contributed by atoms with Crippen molar-refractivity contribution in [3.05, 3.63) is 0 Å². The van der Waals surface area contributed by atoms with Gasteiger partial charge in [0.15, 0.2) is 0 Å². The van der Waals surface area contributed by atoms with Crippen LogP contribution in [-0.2, 0) is 36.5 Å². The second kappa shape index (κ2) is 35.0. The molecule has 0 aliphatic carbocycles. The van der Waals surface area contributed by atoms with Crippen molar-refractivity contribution in [1.82, 2.24) is 0 Å². The number of halogens is 2. The summed E-state index contributed by atoms with van der Waals surface area (Å²) in [5, 5.41) is 0. The van der Waals surface area contributed by atoms with Crippen molar-refractivity contribution in [1.29, 1.82) is 0 Å². The van der Waals surface area contributed by atoms with Crippen molar-refractivity contribution < 1.29 is 36.5 Å². The van der Waals surface area contributed by atoms with E-state index < -0.39 is 0 Å². The summed E-state index contributed by atoms with van der Waals surface area (Å²) >= 11 is 8.53. The minimum Gasteiger partial charge on any atom is -2.00 e. The van der Waals surface area contributed by atoms with Gasteiger partial charge in [0.1, 0.15) is 0 Å². The molecular weight excluding hydrogens is 167 g/mol. The first-order valence-electron chi connectivity index (χ1n) is 0.309. The molecule has 0 bridgehead atoms. The molecule has 0 saturated heterocycles. The first-order valence-corrected chi connectivity index (χ1v) is 0.926. The average Bonchev–Trinajstić information content (AvgIpc) is 0.918. The molecule has 0 saturated carbocycles. The van der Waals surface area contributed by atoms with Crippen molar-refractivity contribution >= 4 is 23.7 Å². The van der Waals surface area contributed by atoms with Crippen LogP contribution >= 0.6 is 23.7 Å². The first-order chi connectivity index (χ1) is 1.41. The molecule has 0 aromatic carbocycles. The molecule has 0 fully saturated rings. The molecule has 0 spiro atoms. The van der Waals surface area contributed by atoms with Gasteiger partial charge in [-0.25, -0.2) is 0 Å². The molecule has 36 valence electrons. The Balaban J connectivity index is -0.00000000667. The van der Waals surface area contributed by atoms with Gasteiger partial charge in [-0.2, -0.15) is 3.84 Å². The van der Waals surface area contributed by atoms with Gasteiger partial charge in [0.2, 0.25) is 0 Å². The van der Waals surface area contributed by atoms with Gasteiger partial charge in [-0.3, -0.25) is 0 Å². The largest absolute Gasteiger partial charge is 4.00 e. The molecule has 6 heavy (non-hydrogen) atoms. The van der Waals surface area contributed by atoms with Crippen LogP contribution in [0.3, 0.4) is 0 Å². The summed E-state index contributed by atoms with van der Waals surface area (Å²) in [5.74, 6) is 0. The fraction of sp³-hybridized carbons (Fsp3) is 0. The number of hydrogen-bond acceptors (Lipinski definition) is 1. The summed E-state index contributed by atoms with van der Waals surface area (Å²) in [6.07, 6.45) is 0. The monoisotopic (exact) mass is 166 g/mol. The van der Waals surface area contributed by atoms with Crippen LogP contribution in [0, 0.1) is 0 Å². The molecule has 0 N–H and O–H groups in total. The summed E-state index contributed by atoms with van der Waals surface area (Å²) in [6.45, 7) is 0. The second-order valence-corrected chi connectivity index (χ2v) is 0.525. The Labute approximate surface area is 60.4 Å². The molecule has 0 atom stereocenters. The Bertz CT molecular complexity index is 8.75. The van der Waals surface area contributed by atoms with Crippen LogP contribution in [0.15, 0.2) is 0 Å². The molecule has 0 heterocycles. The van der Waals surface area contributed by atoms with Crippen LogP contribution < -0.4 is 0 Å². The Morgan fingerprint density at radius 1 is 1.00 bits per heavy atom. The van der Waals surface area contributed by atoms with Crippen molar-refractivity contribution in [2.45, 2.75) is 0 Å². The van der Waals surface area contributed by atoms with Crippen LogP contribution in [0.4, 0.5) is 0 Å². The minimum absolute atomic E-state index is 0. The zero-order valence-electron chi connectivity index (χ0n) is 2.48. The molecule has 6 heteroatoms. The van der Waals surface area contributed by atoms with Gasteiger partial charge >= 0.3 is 21.7 Å². The molecule has 0 radical (unpaired) electrons. The molecule has 0 aliphatic heterocycles. The maximum Gasteiger partial charge on any atom is 4.00 e. The maximum absolute atomic E-state index is 4.26. The van der Waals surface area contributed by atoms with Crippen LogP contribution in [-0.4, -0.2) is 0 Å². The zero-order chi connectivity index (χ0) is 2.71. The Morgan fingerprint density at radius 3 is 1.00 bits per heavy atom. The molecule has 0 unspecified atom stereocenters. The molecule has 3 nitrogen and oxygen atoms in total. The maximum atomic E-state index is 4.26. The van der Waals surface area contributed by atoms with Crippen LogP contribution in [0.5, 0.6) is 0 Å². The van der Waals surface area contributed by atoms with Gasteiger partial charge < -0.3 is 11.0 Å². The van der Waals surface area contributed by atoms with Crippen LogP contribution in [0.1, 0.15) is 0 Å². The summed E-state index contributed by atoms with van der Waals surface area (Å²) in [6, 6.07) is 0. The van der Waals surface area contributed by atoms with E-state index in [0.717, 1.165) is 0 Å². The van der Waals surface area contributed by atoms with Gasteiger partial charge in [-0.05, 0) is 0 Å². The van der Waals surface area contributed by atoms with E-state index in [0.29, 0.717) is 0 Å². The number of hydrogen-bond donors (Lipinski definition) is 0. The molecule has 0 aromatic rings. The second-order valence-electron chi connectivity index (χ2n) is 0.0583. The fourth-order valence-electron chi connectivity index (χ4n) is 0. The Morgan fingerprint density at radius 2 is 1.00 bits per heavy atom. The standard InChI is InChI=1S/Cl2O.2O.Ti/c1-3-2;;;/q;2*-2;+4. The summed E-state index contributed by atoms with van der Waals surface area (Å²) in [4.78, 5) is 0. The molecule has 0 rings (SSSR count). The normalized spacial score (nSPS) is 3.00. The van der Waals surface area contributed by atoms with E-state index in [-0.39, 0.29) is 32.7 Å². The van der Waals surface area contributed by atoms with Gasteiger partial charge in [-0.15, -0.1) is 0 Å². The van der Waals surface area contributed by atoms with Crippen LogP contribution in [0.2, 0.25) is 0 Å². The third-order valence-electron chi connectivity index (χ3n) is 0. The average molecular weight is 167 g/mol. The first kappa shape index (κ1) is 27.1. The quantitative estimate of drug-likeness (QED) is 0.497. The topological polar surface area (TPSA) is 66.2 Å². The molecule has 0 aromatic heterocycles. The Hall–Kier alpha value is 1.17. The molecule has 0 amide bonds. The predicted molar refractivity (Wildman–Crippen MR) is 14.2 cm³/mol. The van der Waals surface area contributed by atoms with E-state index in [4.69, 9.17) is 0 Å². The Kier molecular flexibility index (Phi) is 158. The smallest absolute Gasteiger partial charge is 2.00 e. The van der Waals surface area contributed by atoms with Crippen molar-refractivity contribution in [3.8, 4) is 0 Å². The third kappa shape index (κ3) is 65.4. The van der Waals surface area contributed by atoms with E-state index >= 15 is 0 Å². The van der Waals surface area contributed by atoms with E-state index in [1.165, 1.54) is 0 Å². The van der Waals surface area contributed by atoms with Gasteiger partial charge in [-0.1, -0.05) is 0 Å². The zero-order valence-corrected chi connectivity index (χ0v) is 5.55. The van der Waals surface area contributed by atoms with Gasteiger partial charge in [0, 0.05) is 0 Å². The van der Waals surface area contributed by atoms with E-state index in [1.54, 1.807) is 0 Å². The van der Waals surface area contributed by atoms with Crippen molar-refractivity contribution in [2.75, 3.05) is 0 Å². The third-order valence-corrected chi connectivity index (χ3v) is 0. The summed E-state index contributed by atoms with van der Waals surface area (Å²) < 4.78 is 3.19. The van der Waals surface area contributed by atoms with E-state index in [9.17, 15) is 0 Å². The molecular formula is Cl2O3Ti. The fourth-order valence-corrected chi connectivity index (χ4v) is 0. The number of rotatable bonds is 0. The minimum atomic E-state index is 0. The van der Waals surface area contributed by atoms with Crippen molar-refractivity contribution in [2.24, 2.45) is 0 Å². The SMILES string of the molecule is ClOCl.[O-2].[O-2].[Ti+4]. The van der Waals surface area contributed by atoms with E-state index in [2.05, 4.69) is 27.6 Å². The summed E-state index contributed by atoms with van der Waals surface area (Å²) in [7, 11) is 0. The molecule has 0 aliphatic rings. The van der Waals surface area contributed by atoms with Gasteiger partial charge in [0.05, 0.1) is 23.7 Å². The predicted octanol–water partition coefficient (Wildman–Crippen LogP) is 1.07. The van der Waals surface area contributed by atoms with Crippen LogP contribution in [0.25, 0.3) is 0 Å².